The molecule has 0 spiro atoms. The van der Waals surface area contributed by atoms with Gasteiger partial charge in [0.05, 0.1) is 13.0 Å². The molecule has 4 rings (SSSR count). The second-order valence-electron chi connectivity index (χ2n) is 11.0. The van der Waals surface area contributed by atoms with Gasteiger partial charge in [0.15, 0.2) is 0 Å². The summed E-state index contributed by atoms with van der Waals surface area (Å²) in [7, 11) is 0. The molecule has 0 aliphatic heterocycles. The number of carboxylic acid groups (broad SMARTS) is 1. The molecule has 1 heterocycles. The van der Waals surface area contributed by atoms with Crippen LogP contribution in [0, 0.1) is 5.82 Å². The van der Waals surface area contributed by atoms with Gasteiger partial charge >= 0.3 is 11.7 Å². The van der Waals surface area contributed by atoms with E-state index in [0.717, 1.165) is 40.9 Å². The minimum Gasteiger partial charge on any atom is -0.481 e. The lowest BCUT2D eigenvalue weighted by atomic mass is 9.87. The van der Waals surface area contributed by atoms with Gasteiger partial charge in [0.25, 0.3) is 0 Å². The largest absolute Gasteiger partial charge is 0.481 e. The number of benzene rings is 3. The molecule has 0 unspecified atom stereocenters. The van der Waals surface area contributed by atoms with Crippen molar-refractivity contribution in [2.75, 3.05) is 0 Å². The predicted octanol–water partition coefficient (Wildman–Crippen LogP) is 6.02. The third-order valence-electron chi connectivity index (χ3n) is 7.01. The van der Waals surface area contributed by atoms with Gasteiger partial charge in [-0.05, 0) is 70.7 Å². The molecule has 1 N–H and O–H groups in total. The van der Waals surface area contributed by atoms with Crippen LogP contribution in [0.2, 0.25) is 0 Å². The van der Waals surface area contributed by atoms with Gasteiger partial charge < -0.3 is 5.11 Å². The summed E-state index contributed by atoms with van der Waals surface area (Å²) in [6.45, 7) is 9.53. The van der Waals surface area contributed by atoms with Crippen molar-refractivity contribution in [1.82, 2.24) is 14.3 Å². The molecular weight excluding hydrogens is 493 g/mol. The third kappa shape index (κ3) is 6.91. The molecule has 0 bridgehead atoms. The zero-order chi connectivity index (χ0) is 28.2. The zero-order valence-electron chi connectivity index (χ0n) is 23.1. The smallest absolute Gasteiger partial charge is 0.346 e. The summed E-state index contributed by atoms with van der Waals surface area (Å²) >= 11 is 0. The normalized spacial score (nSPS) is 11.6. The van der Waals surface area contributed by atoms with Crippen molar-refractivity contribution < 1.29 is 14.3 Å². The molecule has 0 radical (unpaired) electrons. The molecular formula is C32H36FN3O3. The third-order valence-corrected chi connectivity index (χ3v) is 7.01. The van der Waals surface area contributed by atoms with Crippen LogP contribution in [0.15, 0.2) is 71.5 Å². The number of aliphatic carboxylic acids is 1. The molecule has 7 heteroatoms. The number of hydrogen-bond donors (Lipinski definition) is 1. The second kappa shape index (κ2) is 11.8. The average molecular weight is 530 g/mol. The number of rotatable bonds is 10. The molecule has 0 fully saturated rings. The van der Waals surface area contributed by atoms with E-state index in [2.05, 4.69) is 50.1 Å². The lowest BCUT2D eigenvalue weighted by Gasteiger charge is -2.19. The Labute approximate surface area is 228 Å². The average Bonchev–Trinajstić information content (AvgIpc) is 3.19. The predicted molar refractivity (Wildman–Crippen MR) is 152 cm³/mol. The van der Waals surface area contributed by atoms with Crippen LogP contribution in [0.5, 0.6) is 0 Å². The van der Waals surface area contributed by atoms with Gasteiger partial charge in [-0.2, -0.15) is 5.10 Å². The van der Waals surface area contributed by atoms with Crippen molar-refractivity contribution in [3.63, 3.8) is 0 Å². The van der Waals surface area contributed by atoms with Gasteiger partial charge in [-0.15, -0.1) is 0 Å². The Hall–Kier alpha value is -4.00. The highest BCUT2D eigenvalue weighted by Gasteiger charge is 2.15. The number of carboxylic acids is 1. The summed E-state index contributed by atoms with van der Waals surface area (Å²) in [4.78, 5) is 24.0. The number of nitrogens with zero attached hydrogens (tertiary/aromatic N) is 3. The van der Waals surface area contributed by atoms with Crippen molar-refractivity contribution >= 4 is 5.97 Å². The van der Waals surface area contributed by atoms with Crippen LogP contribution in [-0.2, 0) is 42.6 Å². The van der Waals surface area contributed by atoms with E-state index in [0.29, 0.717) is 19.5 Å². The van der Waals surface area contributed by atoms with E-state index < -0.39 is 11.8 Å². The van der Waals surface area contributed by atoms with Gasteiger partial charge in [0, 0.05) is 13.0 Å². The molecule has 0 saturated heterocycles. The summed E-state index contributed by atoms with van der Waals surface area (Å²) in [6, 6.07) is 20.9. The topological polar surface area (TPSA) is 77.1 Å². The molecule has 0 saturated carbocycles. The van der Waals surface area contributed by atoms with Crippen LogP contribution < -0.4 is 5.69 Å². The minimum atomic E-state index is -1.06. The van der Waals surface area contributed by atoms with E-state index >= 15 is 0 Å². The fourth-order valence-electron chi connectivity index (χ4n) is 4.74. The molecule has 0 aliphatic carbocycles. The van der Waals surface area contributed by atoms with E-state index in [1.807, 2.05) is 31.2 Å². The SMILES string of the molecule is CCn1c(CCCc2ccc(-c3ccc(F)c(CC(=O)O)c3)cc2)nn(Cc2ccc(C(C)(C)C)cc2)c1=O. The summed E-state index contributed by atoms with van der Waals surface area (Å²) in [6.07, 6.45) is 2.01. The summed E-state index contributed by atoms with van der Waals surface area (Å²) in [5.74, 6) is -0.776. The molecule has 204 valence electrons. The lowest BCUT2D eigenvalue weighted by Crippen LogP contribution is -2.25. The Bertz CT molecular complexity index is 1490. The van der Waals surface area contributed by atoms with Crippen molar-refractivity contribution in [2.24, 2.45) is 0 Å². The van der Waals surface area contributed by atoms with E-state index in [4.69, 9.17) is 5.11 Å². The maximum atomic E-state index is 13.9. The molecule has 0 aliphatic rings. The standard InChI is InChI=1S/C32H36FN3O3/c1-5-35-29(34-36(31(35)39)21-23-11-16-27(17-12-23)32(2,3)4)8-6-7-22-9-13-24(14-10-22)25-15-18-28(33)26(19-25)20-30(37)38/h9-19H,5-8,20-21H2,1-4H3,(H,37,38). The van der Waals surface area contributed by atoms with Gasteiger partial charge in [0.2, 0.25) is 0 Å². The van der Waals surface area contributed by atoms with Crippen LogP contribution in [0.1, 0.15) is 62.2 Å². The quantitative estimate of drug-likeness (QED) is 0.273. The van der Waals surface area contributed by atoms with Gasteiger partial charge in [-0.1, -0.05) is 75.4 Å². The van der Waals surface area contributed by atoms with Crippen molar-refractivity contribution in [2.45, 2.75) is 71.9 Å². The highest BCUT2D eigenvalue weighted by molar-refractivity contribution is 5.72. The van der Waals surface area contributed by atoms with Crippen molar-refractivity contribution in [1.29, 1.82) is 0 Å². The maximum Gasteiger partial charge on any atom is 0.346 e. The molecule has 4 aromatic rings. The van der Waals surface area contributed by atoms with E-state index in [9.17, 15) is 14.0 Å². The first kappa shape index (κ1) is 28.0. The molecule has 39 heavy (non-hydrogen) atoms. The molecule has 1 aromatic heterocycles. The number of aryl methyl sites for hydroxylation is 2. The Morgan fingerprint density at radius 2 is 1.56 bits per heavy atom. The van der Waals surface area contributed by atoms with Gasteiger partial charge in [0.1, 0.15) is 11.6 Å². The Kier molecular flexibility index (Phi) is 8.48. The number of halogens is 1. The minimum absolute atomic E-state index is 0.0824. The Morgan fingerprint density at radius 1 is 0.923 bits per heavy atom. The van der Waals surface area contributed by atoms with Crippen LogP contribution in [0.4, 0.5) is 4.39 Å². The Morgan fingerprint density at radius 3 is 2.18 bits per heavy atom. The first-order valence-corrected chi connectivity index (χ1v) is 13.4. The summed E-state index contributed by atoms with van der Waals surface area (Å²) in [5.41, 5.74) is 5.31. The number of aromatic nitrogens is 3. The zero-order valence-corrected chi connectivity index (χ0v) is 23.1. The van der Waals surface area contributed by atoms with Crippen molar-refractivity contribution in [3.8, 4) is 11.1 Å². The van der Waals surface area contributed by atoms with Crippen LogP contribution in [-0.4, -0.2) is 25.4 Å². The molecule has 6 nitrogen and oxygen atoms in total. The fraction of sp³-hybridized carbons (Fsp3) is 0.344. The number of hydrogen-bond acceptors (Lipinski definition) is 3. The second-order valence-corrected chi connectivity index (χ2v) is 11.0. The van der Waals surface area contributed by atoms with E-state index in [1.165, 1.54) is 11.6 Å². The van der Waals surface area contributed by atoms with Crippen LogP contribution in [0.25, 0.3) is 11.1 Å². The fourth-order valence-corrected chi connectivity index (χ4v) is 4.74. The van der Waals surface area contributed by atoms with Crippen LogP contribution >= 0.6 is 0 Å². The highest BCUT2D eigenvalue weighted by atomic mass is 19.1. The van der Waals surface area contributed by atoms with E-state index in [-0.39, 0.29) is 23.1 Å². The Balaban J connectivity index is 1.39. The van der Waals surface area contributed by atoms with Crippen LogP contribution in [0.3, 0.4) is 0 Å². The lowest BCUT2D eigenvalue weighted by molar-refractivity contribution is -0.136. The molecule has 3 aromatic carbocycles. The van der Waals surface area contributed by atoms with Crippen molar-refractivity contribution in [3.05, 3.63) is 111 Å². The monoisotopic (exact) mass is 529 g/mol. The first-order chi connectivity index (χ1) is 18.5. The van der Waals surface area contributed by atoms with Gasteiger partial charge in [-0.3, -0.25) is 9.36 Å². The van der Waals surface area contributed by atoms with Gasteiger partial charge in [-0.25, -0.2) is 13.9 Å². The van der Waals surface area contributed by atoms with E-state index in [1.54, 1.807) is 21.4 Å². The first-order valence-electron chi connectivity index (χ1n) is 13.4. The summed E-state index contributed by atoms with van der Waals surface area (Å²) < 4.78 is 17.2. The molecule has 0 amide bonds. The maximum absolute atomic E-state index is 13.9. The summed E-state index contributed by atoms with van der Waals surface area (Å²) in [5, 5.41) is 13.7. The highest BCUT2D eigenvalue weighted by Crippen LogP contribution is 2.24. The number of carbonyl (C=O) groups is 1. The molecule has 0 atom stereocenters.